The average Bonchev–Trinajstić information content (AvgIpc) is 3.04. The fraction of sp³-hybridized carbons (Fsp3) is 0.692. The molecule has 18 heavy (non-hydrogen) atoms. The first-order valence-electron chi connectivity index (χ1n) is 6.41. The molecule has 2 aliphatic rings. The highest BCUT2D eigenvalue weighted by atomic mass is 16.5. The first kappa shape index (κ1) is 11.7. The van der Waals surface area contributed by atoms with Gasteiger partial charge in [-0.3, -0.25) is 4.79 Å². The summed E-state index contributed by atoms with van der Waals surface area (Å²) in [6.07, 6.45) is 2.11. The minimum absolute atomic E-state index is 0.0509. The lowest BCUT2D eigenvalue weighted by Crippen LogP contribution is -2.33. The molecule has 1 atom stereocenters. The maximum absolute atomic E-state index is 12.5. The van der Waals surface area contributed by atoms with Crippen molar-refractivity contribution in [2.45, 2.75) is 26.7 Å². The summed E-state index contributed by atoms with van der Waals surface area (Å²) in [5.41, 5.74) is 1.52. The molecule has 0 unspecified atom stereocenters. The topological polar surface area (TPSA) is 55.6 Å². The fourth-order valence-electron chi connectivity index (χ4n) is 3.03. The van der Waals surface area contributed by atoms with Gasteiger partial charge in [-0.15, -0.1) is 0 Å². The van der Waals surface area contributed by atoms with Gasteiger partial charge in [0.1, 0.15) is 11.3 Å². The molecular weight excluding hydrogens is 232 g/mol. The molecule has 3 heterocycles. The maximum Gasteiger partial charge on any atom is 0.259 e. The van der Waals surface area contributed by atoms with Crippen LogP contribution in [0.1, 0.15) is 34.7 Å². The van der Waals surface area contributed by atoms with Crippen molar-refractivity contribution in [2.24, 2.45) is 5.41 Å². The lowest BCUT2D eigenvalue weighted by molar-refractivity contribution is 0.0763. The molecule has 2 saturated heterocycles. The van der Waals surface area contributed by atoms with Gasteiger partial charge in [0.2, 0.25) is 0 Å². The summed E-state index contributed by atoms with van der Waals surface area (Å²) in [7, 11) is 0. The Morgan fingerprint density at radius 3 is 2.83 bits per heavy atom. The third kappa shape index (κ3) is 1.73. The van der Waals surface area contributed by atoms with Gasteiger partial charge in [0, 0.05) is 25.1 Å². The van der Waals surface area contributed by atoms with Crippen LogP contribution in [0.4, 0.5) is 0 Å². The monoisotopic (exact) mass is 250 g/mol. The van der Waals surface area contributed by atoms with Gasteiger partial charge in [-0.05, 0) is 26.7 Å². The summed E-state index contributed by atoms with van der Waals surface area (Å²) in [6, 6.07) is 0. The van der Waals surface area contributed by atoms with Crippen molar-refractivity contribution in [3.63, 3.8) is 0 Å². The standard InChI is InChI=1S/C13H18N2O3/c1-9-11(10(2)18-14-9)12(16)15-5-3-13(7-15)4-6-17-8-13/h3-8H2,1-2H3/t13-/m1/s1. The molecule has 5 heteroatoms. The van der Waals surface area contributed by atoms with Crippen molar-refractivity contribution in [3.8, 4) is 0 Å². The number of hydrogen-bond acceptors (Lipinski definition) is 4. The number of aromatic nitrogens is 1. The van der Waals surface area contributed by atoms with Crippen LogP contribution in [0.25, 0.3) is 0 Å². The van der Waals surface area contributed by atoms with Crippen LogP contribution in [0.2, 0.25) is 0 Å². The fourth-order valence-corrected chi connectivity index (χ4v) is 3.03. The van der Waals surface area contributed by atoms with E-state index in [2.05, 4.69) is 5.16 Å². The van der Waals surface area contributed by atoms with Crippen LogP contribution in [0.3, 0.4) is 0 Å². The highest BCUT2D eigenvalue weighted by molar-refractivity contribution is 5.96. The quantitative estimate of drug-likeness (QED) is 0.758. The minimum Gasteiger partial charge on any atom is -0.381 e. The summed E-state index contributed by atoms with van der Waals surface area (Å²) in [4.78, 5) is 14.4. The summed E-state index contributed by atoms with van der Waals surface area (Å²) in [5, 5.41) is 3.85. The van der Waals surface area contributed by atoms with Crippen molar-refractivity contribution in [1.82, 2.24) is 10.1 Å². The summed E-state index contributed by atoms with van der Waals surface area (Å²) < 4.78 is 10.6. The van der Waals surface area contributed by atoms with E-state index in [4.69, 9.17) is 9.26 Å². The van der Waals surface area contributed by atoms with E-state index in [0.717, 1.165) is 39.1 Å². The number of likely N-dealkylation sites (tertiary alicyclic amines) is 1. The van der Waals surface area contributed by atoms with E-state index in [9.17, 15) is 4.79 Å². The van der Waals surface area contributed by atoms with Gasteiger partial charge < -0.3 is 14.2 Å². The third-order valence-corrected chi connectivity index (χ3v) is 4.16. The van der Waals surface area contributed by atoms with E-state index in [-0.39, 0.29) is 11.3 Å². The van der Waals surface area contributed by atoms with Crippen LogP contribution < -0.4 is 0 Å². The summed E-state index contributed by atoms with van der Waals surface area (Å²) >= 11 is 0. The molecule has 0 radical (unpaired) electrons. The molecule has 3 rings (SSSR count). The molecule has 1 spiro atoms. The summed E-state index contributed by atoms with van der Waals surface area (Å²) in [6.45, 7) is 6.83. The Bertz CT molecular complexity index is 455. The van der Waals surface area contributed by atoms with Crippen molar-refractivity contribution >= 4 is 5.91 Å². The second kappa shape index (κ2) is 4.09. The highest BCUT2D eigenvalue weighted by Crippen LogP contribution is 2.38. The molecule has 0 N–H and O–H groups in total. The molecule has 2 aliphatic heterocycles. The first-order valence-corrected chi connectivity index (χ1v) is 6.41. The first-order chi connectivity index (χ1) is 8.61. The molecule has 0 aliphatic carbocycles. The van der Waals surface area contributed by atoms with Crippen LogP contribution >= 0.6 is 0 Å². The van der Waals surface area contributed by atoms with Crippen molar-refractivity contribution < 1.29 is 14.1 Å². The SMILES string of the molecule is Cc1noc(C)c1C(=O)N1CC[C@@]2(CCOC2)C1. The van der Waals surface area contributed by atoms with Gasteiger partial charge in [-0.2, -0.15) is 0 Å². The van der Waals surface area contributed by atoms with Crippen LogP contribution in [-0.2, 0) is 4.74 Å². The Labute approximate surface area is 106 Å². The molecule has 1 aromatic rings. The number of amides is 1. The predicted molar refractivity (Wildman–Crippen MR) is 64.4 cm³/mol. The molecule has 98 valence electrons. The molecular formula is C13H18N2O3. The second-order valence-corrected chi connectivity index (χ2v) is 5.48. The largest absolute Gasteiger partial charge is 0.381 e. The van der Waals surface area contributed by atoms with Gasteiger partial charge in [0.25, 0.3) is 5.91 Å². The second-order valence-electron chi connectivity index (χ2n) is 5.48. The molecule has 1 aromatic heterocycles. The van der Waals surface area contributed by atoms with E-state index < -0.39 is 0 Å². The van der Waals surface area contributed by atoms with Gasteiger partial charge >= 0.3 is 0 Å². The van der Waals surface area contributed by atoms with Crippen molar-refractivity contribution in [3.05, 3.63) is 17.0 Å². The lowest BCUT2D eigenvalue weighted by atomic mass is 9.87. The van der Waals surface area contributed by atoms with E-state index in [1.54, 1.807) is 6.92 Å². The number of rotatable bonds is 1. The molecule has 2 fully saturated rings. The average molecular weight is 250 g/mol. The molecule has 1 amide bonds. The van der Waals surface area contributed by atoms with Crippen molar-refractivity contribution in [1.29, 1.82) is 0 Å². The van der Waals surface area contributed by atoms with Gasteiger partial charge in [-0.25, -0.2) is 0 Å². The number of carbonyl (C=O) groups is 1. The maximum atomic E-state index is 12.5. The van der Waals surface area contributed by atoms with Crippen LogP contribution in [0, 0.1) is 19.3 Å². The molecule has 0 saturated carbocycles. The van der Waals surface area contributed by atoms with E-state index >= 15 is 0 Å². The Hall–Kier alpha value is -1.36. The van der Waals surface area contributed by atoms with Crippen LogP contribution in [-0.4, -0.2) is 42.3 Å². The Morgan fingerprint density at radius 2 is 2.22 bits per heavy atom. The Morgan fingerprint density at radius 1 is 1.39 bits per heavy atom. The third-order valence-electron chi connectivity index (χ3n) is 4.16. The number of ether oxygens (including phenoxy) is 1. The molecule has 0 bridgehead atoms. The van der Waals surface area contributed by atoms with Gasteiger partial charge in [0.15, 0.2) is 0 Å². The Kier molecular flexibility index (Phi) is 2.66. The van der Waals surface area contributed by atoms with Gasteiger partial charge in [0.05, 0.1) is 12.3 Å². The molecule has 0 aromatic carbocycles. The van der Waals surface area contributed by atoms with Crippen molar-refractivity contribution in [2.75, 3.05) is 26.3 Å². The van der Waals surface area contributed by atoms with E-state index in [1.807, 2.05) is 11.8 Å². The predicted octanol–water partition coefficient (Wildman–Crippen LogP) is 1.54. The zero-order valence-electron chi connectivity index (χ0n) is 10.9. The van der Waals surface area contributed by atoms with E-state index in [1.165, 1.54) is 0 Å². The highest BCUT2D eigenvalue weighted by Gasteiger charge is 2.43. The number of hydrogen-bond donors (Lipinski definition) is 0. The minimum atomic E-state index is 0.0509. The van der Waals surface area contributed by atoms with E-state index in [0.29, 0.717) is 17.0 Å². The molecule has 5 nitrogen and oxygen atoms in total. The van der Waals surface area contributed by atoms with Crippen LogP contribution in [0.5, 0.6) is 0 Å². The number of nitrogens with zero attached hydrogens (tertiary/aromatic N) is 2. The number of aryl methyl sites for hydroxylation is 2. The Balaban J connectivity index is 1.79. The van der Waals surface area contributed by atoms with Crippen LogP contribution in [0.15, 0.2) is 4.52 Å². The summed E-state index contributed by atoms with van der Waals surface area (Å²) in [5.74, 6) is 0.663. The number of carbonyl (C=O) groups excluding carboxylic acids is 1. The lowest BCUT2D eigenvalue weighted by Gasteiger charge is -2.21. The smallest absolute Gasteiger partial charge is 0.259 e. The normalized spacial score (nSPS) is 27.3. The zero-order valence-corrected chi connectivity index (χ0v) is 10.9. The van der Waals surface area contributed by atoms with Gasteiger partial charge in [-0.1, -0.05) is 5.16 Å². The zero-order chi connectivity index (χ0) is 12.8.